The highest BCUT2D eigenvalue weighted by molar-refractivity contribution is 9.11. The molecule has 0 aliphatic carbocycles. The van der Waals surface area contributed by atoms with E-state index in [1.165, 1.54) is 0 Å². The summed E-state index contributed by atoms with van der Waals surface area (Å²) < 4.78 is 11.0. The highest BCUT2D eigenvalue weighted by Crippen LogP contribution is 2.35. The summed E-state index contributed by atoms with van der Waals surface area (Å²) in [6.45, 7) is 12.4. The van der Waals surface area contributed by atoms with E-state index in [-0.39, 0.29) is 35.0 Å². The lowest BCUT2D eigenvalue weighted by Crippen LogP contribution is -2.35. The molecule has 170 valence electrons. The second-order valence-electron chi connectivity index (χ2n) is 9.18. The first kappa shape index (κ1) is 27.0. The fraction of sp³-hybridized carbons (Fsp3) is 0.696. The van der Waals surface area contributed by atoms with Crippen LogP contribution in [0.5, 0.6) is 0 Å². The van der Waals surface area contributed by atoms with Crippen molar-refractivity contribution in [3.8, 4) is 0 Å². The molecule has 30 heavy (non-hydrogen) atoms. The highest BCUT2D eigenvalue weighted by Gasteiger charge is 2.37. The summed E-state index contributed by atoms with van der Waals surface area (Å²) in [5.74, 6) is -1.19. The molecule has 2 atom stereocenters. The number of thioether (sulfide) groups is 1. The summed E-state index contributed by atoms with van der Waals surface area (Å²) in [6, 6.07) is 0. The van der Waals surface area contributed by atoms with Crippen LogP contribution in [0.4, 0.5) is 0 Å². The van der Waals surface area contributed by atoms with Gasteiger partial charge in [0.1, 0.15) is 6.61 Å². The van der Waals surface area contributed by atoms with Crippen LogP contribution in [0.3, 0.4) is 0 Å². The van der Waals surface area contributed by atoms with Gasteiger partial charge in [-0.25, -0.2) is 0 Å². The minimum atomic E-state index is -0.427. The van der Waals surface area contributed by atoms with Gasteiger partial charge in [-0.15, -0.1) is 0 Å². The summed E-state index contributed by atoms with van der Waals surface area (Å²) in [7, 11) is 0. The largest absolute Gasteiger partial charge is 0.465 e. The molecule has 0 spiro atoms. The molecule has 0 radical (unpaired) electrons. The molecule has 0 aromatic heterocycles. The van der Waals surface area contributed by atoms with Crippen LogP contribution in [0.1, 0.15) is 67.2 Å². The summed E-state index contributed by atoms with van der Waals surface area (Å²) in [4.78, 5) is 40.1. The van der Waals surface area contributed by atoms with E-state index in [1.807, 2.05) is 41.5 Å². The van der Waals surface area contributed by atoms with Gasteiger partial charge in [0.2, 0.25) is 5.12 Å². The normalized spacial score (nSPS) is 17.8. The molecule has 0 aromatic rings. The van der Waals surface area contributed by atoms with Crippen LogP contribution in [0, 0.1) is 23.2 Å². The van der Waals surface area contributed by atoms with E-state index in [0.29, 0.717) is 25.0 Å². The van der Waals surface area contributed by atoms with E-state index in [1.54, 1.807) is 11.1 Å². The standard InChI is InChI=1S/C23H35BrO5S/c1-7-8-9-28-21(26)19(23(4,5)6)12-16(10-15(2)3)20(25)29-14-17-11-18(13-24)30-22(17)27/h11,13,15-16,19H,7-10,12,14H2,1-6H3. The van der Waals surface area contributed by atoms with E-state index < -0.39 is 11.8 Å². The third kappa shape index (κ3) is 8.96. The van der Waals surface area contributed by atoms with Crippen LogP contribution in [0.25, 0.3) is 0 Å². The molecule has 2 unspecified atom stereocenters. The average Bonchev–Trinajstić information content (AvgIpc) is 3.01. The minimum absolute atomic E-state index is 0.0509. The number of esters is 2. The second-order valence-corrected chi connectivity index (χ2v) is 10.7. The molecule has 0 N–H and O–H groups in total. The van der Waals surface area contributed by atoms with Gasteiger partial charge in [-0.2, -0.15) is 0 Å². The van der Waals surface area contributed by atoms with E-state index in [4.69, 9.17) is 9.47 Å². The minimum Gasteiger partial charge on any atom is -0.465 e. The first-order valence-corrected chi connectivity index (χ1v) is 12.3. The maximum absolute atomic E-state index is 12.9. The van der Waals surface area contributed by atoms with Crippen LogP contribution in [-0.2, 0) is 23.9 Å². The van der Waals surface area contributed by atoms with Crippen molar-refractivity contribution in [3.05, 3.63) is 21.5 Å². The Balaban J connectivity index is 2.87. The van der Waals surface area contributed by atoms with Gasteiger partial charge < -0.3 is 9.47 Å². The third-order valence-corrected chi connectivity index (χ3v) is 6.66. The second kappa shape index (κ2) is 12.7. The van der Waals surface area contributed by atoms with Crippen molar-refractivity contribution in [2.45, 2.75) is 67.2 Å². The van der Waals surface area contributed by atoms with E-state index >= 15 is 0 Å². The Morgan fingerprint density at radius 2 is 1.83 bits per heavy atom. The zero-order valence-corrected chi connectivity index (χ0v) is 21.4. The Hall–Kier alpha value is -1.08. The van der Waals surface area contributed by atoms with Gasteiger partial charge in [0, 0.05) is 10.5 Å². The van der Waals surface area contributed by atoms with Gasteiger partial charge in [0.15, 0.2) is 0 Å². The Bertz CT molecular complexity index is 676. The van der Waals surface area contributed by atoms with Crippen LogP contribution in [0.2, 0.25) is 0 Å². The summed E-state index contributed by atoms with van der Waals surface area (Å²) in [5, 5.41) is -0.110. The first-order chi connectivity index (χ1) is 14.0. The van der Waals surface area contributed by atoms with E-state index in [0.717, 1.165) is 29.5 Å². The average molecular weight is 503 g/mol. The first-order valence-electron chi connectivity index (χ1n) is 10.6. The monoisotopic (exact) mass is 502 g/mol. The van der Waals surface area contributed by atoms with E-state index in [2.05, 4.69) is 15.9 Å². The number of carbonyl (C=O) groups is 3. The van der Waals surface area contributed by atoms with Gasteiger partial charge in [0.05, 0.1) is 18.4 Å². The quantitative estimate of drug-likeness (QED) is 0.254. The maximum Gasteiger partial charge on any atom is 0.309 e. The molecule has 0 saturated heterocycles. The molecule has 1 aliphatic rings. The number of rotatable bonds is 11. The number of ether oxygens (including phenoxy) is 2. The lowest BCUT2D eigenvalue weighted by molar-refractivity contribution is -0.156. The van der Waals surface area contributed by atoms with Gasteiger partial charge in [-0.1, -0.05) is 63.9 Å². The Morgan fingerprint density at radius 1 is 1.17 bits per heavy atom. The molecule has 7 heteroatoms. The number of halogens is 1. The molecule has 5 nitrogen and oxygen atoms in total. The summed E-state index contributed by atoms with van der Waals surface area (Å²) in [6.07, 6.45) is 4.48. The lowest BCUT2D eigenvalue weighted by atomic mass is 9.74. The number of hydrogen-bond acceptors (Lipinski definition) is 6. The van der Waals surface area contributed by atoms with Crippen molar-refractivity contribution in [2.24, 2.45) is 23.2 Å². The third-order valence-electron chi connectivity index (χ3n) is 4.95. The SMILES string of the molecule is CCCCOC(=O)C(CC(CC(C)C)C(=O)OCC1=CC(=CBr)SC1=O)C(C)(C)C. The number of unbranched alkanes of at least 4 members (excludes halogenated alkanes) is 1. The molecule has 0 amide bonds. The van der Waals surface area contributed by atoms with Crippen molar-refractivity contribution < 1.29 is 23.9 Å². The smallest absolute Gasteiger partial charge is 0.309 e. The predicted molar refractivity (Wildman–Crippen MR) is 125 cm³/mol. The van der Waals surface area contributed by atoms with Crippen LogP contribution in [-0.4, -0.2) is 30.3 Å². The Morgan fingerprint density at radius 3 is 2.33 bits per heavy atom. The molecule has 0 saturated carbocycles. The van der Waals surface area contributed by atoms with Gasteiger partial charge in [-0.3, -0.25) is 14.4 Å². The maximum atomic E-state index is 12.9. The van der Waals surface area contributed by atoms with Crippen molar-refractivity contribution >= 4 is 44.7 Å². The molecule has 1 aliphatic heterocycles. The fourth-order valence-electron chi connectivity index (χ4n) is 3.22. The Labute approximate surface area is 193 Å². The molecule has 1 heterocycles. The molecule has 0 aromatic carbocycles. The number of hydrogen-bond donors (Lipinski definition) is 0. The zero-order chi connectivity index (χ0) is 22.9. The fourth-order valence-corrected chi connectivity index (χ4v) is 4.34. The van der Waals surface area contributed by atoms with Crippen LogP contribution < -0.4 is 0 Å². The van der Waals surface area contributed by atoms with Gasteiger partial charge >= 0.3 is 11.9 Å². The molecule has 1 rings (SSSR count). The summed E-state index contributed by atoms with van der Waals surface area (Å²) in [5.41, 5.74) is 0.128. The van der Waals surface area contributed by atoms with Crippen LogP contribution in [0.15, 0.2) is 21.5 Å². The van der Waals surface area contributed by atoms with Crippen molar-refractivity contribution in [1.82, 2.24) is 0 Å². The van der Waals surface area contributed by atoms with Gasteiger partial charge in [-0.05, 0) is 53.4 Å². The summed E-state index contributed by atoms with van der Waals surface area (Å²) >= 11 is 4.31. The Kier molecular flexibility index (Phi) is 11.4. The van der Waals surface area contributed by atoms with Crippen molar-refractivity contribution in [1.29, 1.82) is 0 Å². The molecular formula is C23H35BrO5S. The topological polar surface area (TPSA) is 69.7 Å². The highest BCUT2D eigenvalue weighted by atomic mass is 79.9. The predicted octanol–water partition coefficient (Wildman–Crippen LogP) is 6.02. The molecule has 0 fully saturated rings. The zero-order valence-electron chi connectivity index (χ0n) is 19.0. The lowest BCUT2D eigenvalue weighted by Gasteiger charge is -2.31. The van der Waals surface area contributed by atoms with Crippen molar-refractivity contribution in [3.63, 3.8) is 0 Å². The number of carbonyl (C=O) groups excluding carboxylic acids is 3. The number of allylic oxidation sites excluding steroid dienone is 1. The van der Waals surface area contributed by atoms with Crippen LogP contribution >= 0.6 is 27.7 Å². The van der Waals surface area contributed by atoms with Crippen molar-refractivity contribution in [2.75, 3.05) is 13.2 Å². The van der Waals surface area contributed by atoms with E-state index in [9.17, 15) is 14.4 Å². The molecule has 0 bridgehead atoms. The van der Waals surface area contributed by atoms with Gasteiger partial charge in [0.25, 0.3) is 0 Å². The molecular weight excluding hydrogens is 468 g/mol.